The Labute approximate surface area is 106 Å². The Balaban J connectivity index is 2.40. The van der Waals surface area contributed by atoms with Crippen molar-refractivity contribution >= 4 is 0 Å². The van der Waals surface area contributed by atoms with Gasteiger partial charge in [0.25, 0.3) is 0 Å². The lowest BCUT2D eigenvalue weighted by Gasteiger charge is -2.15. The van der Waals surface area contributed by atoms with Crippen molar-refractivity contribution in [2.75, 3.05) is 0 Å². The Kier molecular flexibility index (Phi) is 3.05. The van der Waals surface area contributed by atoms with Crippen LogP contribution in [0.1, 0.15) is 25.2 Å². The zero-order valence-corrected chi connectivity index (χ0v) is 10.2. The van der Waals surface area contributed by atoms with Crippen molar-refractivity contribution in [1.29, 1.82) is 0 Å². The predicted octanol–water partition coefficient (Wildman–Crippen LogP) is 1.91. The van der Waals surface area contributed by atoms with Crippen LogP contribution in [0, 0.1) is 0 Å². The average molecular weight is 272 g/mol. The summed E-state index contributed by atoms with van der Waals surface area (Å²) in [7, 11) is 0. The minimum atomic E-state index is -4.45. The number of nitrogens with zero attached hydrogens (tertiary/aromatic N) is 4. The second kappa shape index (κ2) is 4.30. The van der Waals surface area contributed by atoms with Crippen molar-refractivity contribution in [2.45, 2.75) is 25.6 Å². The molecule has 0 saturated carbocycles. The topological polar surface area (TPSA) is 63.8 Å². The molecular weight excluding hydrogens is 261 g/mol. The van der Waals surface area contributed by atoms with Gasteiger partial charge in [0.2, 0.25) is 0 Å². The minimum absolute atomic E-state index is 0.106. The minimum Gasteiger partial charge on any atom is -0.382 e. The second-order valence-electron chi connectivity index (χ2n) is 4.47. The van der Waals surface area contributed by atoms with Gasteiger partial charge in [-0.2, -0.15) is 18.3 Å². The molecule has 5 nitrogen and oxygen atoms in total. The summed E-state index contributed by atoms with van der Waals surface area (Å²) in [6.45, 7) is 2.96. The molecule has 0 unspecified atom stereocenters. The zero-order chi connectivity index (χ0) is 14.3. The Morgan fingerprint density at radius 3 is 2.47 bits per heavy atom. The molecule has 0 aliphatic heterocycles. The van der Waals surface area contributed by atoms with Crippen molar-refractivity contribution in [1.82, 2.24) is 19.7 Å². The van der Waals surface area contributed by atoms with Gasteiger partial charge in [0, 0.05) is 18.5 Å². The van der Waals surface area contributed by atoms with E-state index >= 15 is 0 Å². The number of rotatable bonds is 2. The second-order valence-corrected chi connectivity index (χ2v) is 4.47. The van der Waals surface area contributed by atoms with Gasteiger partial charge in [-0.15, -0.1) is 0 Å². The van der Waals surface area contributed by atoms with Crippen LogP contribution < -0.4 is 0 Å². The molecule has 0 atom stereocenters. The molecule has 0 bridgehead atoms. The molecule has 0 aliphatic rings. The molecule has 8 heteroatoms. The number of hydrogen-bond acceptors (Lipinski definition) is 4. The average Bonchev–Trinajstić information content (AvgIpc) is 2.77. The first kappa shape index (κ1) is 13.5. The third kappa shape index (κ3) is 2.90. The number of aromatic nitrogens is 4. The highest BCUT2D eigenvalue weighted by atomic mass is 19.4. The molecule has 0 amide bonds. The van der Waals surface area contributed by atoms with Crippen LogP contribution in [0.3, 0.4) is 0 Å². The SMILES string of the molecule is CC(C)(O)c1nccc(-n2cc(C(F)(F)F)cn2)n1. The summed E-state index contributed by atoms with van der Waals surface area (Å²) >= 11 is 0. The van der Waals surface area contributed by atoms with Gasteiger partial charge in [-0.25, -0.2) is 14.6 Å². The van der Waals surface area contributed by atoms with Gasteiger partial charge in [0.15, 0.2) is 11.6 Å². The molecular formula is C11H11F3N4O. The maximum Gasteiger partial charge on any atom is 0.419 e. The summed E-state index contributed by atoms with van der Waals surface area (Å²) in [6.07, 6.45) is -1.56. The lowest BCUT2D eigenvalue weighted by Crippen LogP contribution is -2.20. The first-order valence-electron chi connectivity index (χ1n) is 5.36. The van der Waals surface area contributed by atoms with E-state index in [1.54, 1.807) is 0 Å². The van der Waals surface area contributed by atoms with Crippen LogP contribution in [-0.4, -0.2) is 24.9 Å². The number of halogens is 3. The van der Waals surface area contributed by atoms with Crippen molar-refractivity contribution in [3.63, 3.8) is 0 Å². The standard InChI is InChI=1S/C11H11F3N4O/c1-10(2,19)9-15-4-3-8(17-9)18-6-7(5-16-18)11(12,13)14/h3-6,19H,1-2H3. The quantitative estimate of drug-likeness (QED) is 0.907. The Bertz CT molecular complexity index is 586. The molecule has 102 valence electrons. The summed E-state index contributed by atoms with van der Waals surface area (Å²) in [6, 6.07) is 1.41. The van der Waals surface area contributed by atoms with E-state index in [9.17, 15) is 18.3 Å². The molecule has 0 saturated heterocycles. The van der Waals surface area contributed by atoms with E-state index in [4.69, 9.17) is 0 Å². The van der Waals surface area contributed by atoms with E-state index in [-0.39, 0.29) is 11.6 Å². The molecule has 1 N–H and O–H groups in total. The fourth-order valence-electron chi connectivity index (χ4n) is 1.37. The summed E-state index contributed by atoms with van der Waals surface area (Å²) < 4.78 is 38.4. The number of aliphatic hydroxyl groups is 1. The highest BCUT2D eigenvalue weighted by molar-refractivity contribution is 5.23. The Morgan fingerprint density at radius 2 is 1.95 bits per heavy atom. The number of hydrogen-bond donors (Lipinski definition) is 1. The highest BCUT2D eigenvalue weighted by Gasteiger charge is 2.32. The van der Waals surface area contributed by atoms with Crippen molar-refractivity contribution in [3.8, 4) is 5.82 Å². The molecule has 0 fully saturated rings. The maximum atomic E-state index is 12.5. The van der Waals surface area contributed by atoms with Crippen LogP contribution in [0.25, 0.3) is 5.82 Å². The number of alkyl halides is 3. The molecule has 19 heavy (non-hydrogen) atoms. The monoisotopic (exact) mass is 272 g/mol. The predicted molar refractivity (Wildman–Crippen MR) is 59.4 cm³/mol. The smallest absolute Gasteiger partial charge is 0.382 e. The van der Waals surface area contributed by atoms with Gasteiger partial charge >= 0.3 is 6.18 Å². The van der Waals surface area contributed by atoms with Gasteiger partial charge < -0.3 is 5.11 Å². The van der Waals surface area contributed by atoms with Gasteiger partial charge in [-0.05, 0) is 13.8 Å². The van der Waals surface area contributed by atoms with Crippen molar-refractivity contribution in [3.05, 3.63) is 36.0 Å². The highest BCUT2D eigenvalue weighted by Crippen LogP contribution is 2.29. The molecule has 0 aromatic carbocycles. The van der Waals surface area contributed by atoms with E-state index in [1.165, 1.54) is 26.1 Å². The maximum absolute atomic E-state index is 12.5. The normalized spacial score (nSPS) is 12.7. The molecule has 2 heterocycles. The molecule has 0 spiro atoms. The van der Waals surface area contributed by atoms with E-state index in [0.717, 1.165) is 10.9 Å². The zero-order valence-electron chi connectivity index (χ0n) is 10.2. The fourth-order valence-corrected chi connectivity index (χ4v) is 1.37. The van der Waals surface area contributed by atoms with E-state index in [1.807, 2.05) is 0 Å². The largest absolute Gasteiger partial charge is 0.419 e. The third-order valence-corrected chi connectivity index (χ3v) is 2.33. The van der Waals surface area contributed by atoms with E-state index in [2.05, 4.69) is 15.1 Å². The van der Waals surface area contributed by atoms with Crippen molar-refractivity contribution in [2.24, 2.45) is 0 Å². The van der Waals surface area contributed by atoms with Crippen LogP contribution in [-0.2, 0) is 11.8 Å². The Hall–Kier alpha value is -1.96. The van der Waals surface area contributed by atoms with Gasteiger partial charge in [-0.1, -0.05) is 0 Å². The summed E-state index contributed by atoms with van der Waals surface area (Å²) in [4.78, 5) is 7.85. The summed E-state index contributed by atoms with van der Waals surface area (Å²) in [5, 5.41) is 13.4. The molecule has 2 aromatic heterocycles. The van der Waals surface area contributed by atoms with Crippen LogP contribution in [0.2, 0.25) is 0 Å². The first-order valence-corrected chi connectivity index (χ1v) is 5.36. The van der Waals surface area contributed by atoms with E-state index < -0.39 is 17.3 Å². The van der Waals surface area contributed by atoms with E-state index in [0.29, 0.717) is 6.20 Å². The van der Waals surface area contributed by atoms with Crippen LogP contribution in [0.4, 0.5) is 13.2 Å². The van der Waals surface area contributed by atoms with Gasteiger partial charge in [0.05, 0.1) is 11.8 Å². The summed E-state index contributed by atoms with van der Waals surface area (Å²) in [5.74, 6) is 0.261. The van der Waals surface area contributed by atoms with Crippen LogP contribution >= 0.6 is 0 Å². The first-order chi connectivity index (χ1) is 8.68. The van der Waals surface area contributed by atoms with Crippen LogP contribution in [0.5, 0.6) is 0 Å². The van der Waals surface area contributed by atoms with Gasteiger partial charge in [0.1, 0.15) is 5.60 Å². The molecule has 0 aliphatic carbocycles. The van der Waals surface area contributed by atoms with Crippen molar-refractivity contribution < 1.29 is 18.3 Å². The summed E-state index contributed by atoms with van der Waals surface area (Å²) in [5.41, 5.74) is -2.15. The molecule has 0 radical (unpaired) electrons. The van der Waals surface area contributed by atoms with Crippen LogP contribution in [0.15, 0.2) is 24.7 Å². The van der Waals surface area contributed by atoms with Gasteiger partial charge in [-0.3, -0.25) is 0 Å². The third-order valence-electron chi connectivity index (χ3n) is 2.33. The lowest BCUT2D eigenvalue weighted by atomic mass is 10.1. The fraction of sp³-hybridized carbons (Fsp3) is 0.364. The molecule has 2 aromatic rings. The Morgan fingerprint density at radius 1 is 1.26 bits per heavy atom. The lowest BCUT2D eigenvalue weighted by molar-refractivity contribution is -0.137. The molecule has 2 rings (SSSR count).